The van der Waals surface area contributed by atoms with Crippen molar-refractivity contribution in [2.45, 2.75) is 91.9 Å². The third-order valence-electron chi connectivity index (χ3n) is 3.94. The van der Waals surface area contributed by atoms with Crippen LogP contribution in [0, 0.1) is 6.92 Å². The number of aryl methyl sites for hydroxylation is 2. The molecule has 1 aromatic carbocycles. The first-order valence-electron chi connectivity index (χ1n) is 8.38. The molecular weight excluding hydrogens is 240 g/mol. The van der Waals surface area contributed by atoms with Crippen LogP contribution in [0.2, 0.25) is 0 Å². The van der Waals surface area contributed by atoms with Crippen LogP contribution in [0.3, 0.4) is 0 Å². The van der Waals surface area contributed by atoms with Crippen molar-refractivity contribution in [1.29, 1.82) is 0 Å². The lowest BCUT2D eigenvalue weighted by atomic mass is 10.0. The molecule has 0 N–H and O–H groups in total. The molecule has 0 amide bonds. The molecule has 0 aliphatic carbocycles. The molecule has 0 fully saturated rings. The van der Waals surface area contributed by atoms with Gasteiger partial charge in [-0.2, -0.15) is 0 Å². The Kier molecular flexibility index (Phi) is 12.7. The lowest BCUT2D eigenvalue weighted by molar-refractivity contribution is 0.556. The molecule has 0 heteroatoms. The van der Waals surface area contributed by atoms with Gasteiger partial charge in [-0.1, -0.05) is 102 Å². The summed E-state index contributed by atoms with van der Waals surface area (Å²) in [5.41, 5.74) is 2.87. The Morgan fingerprint density at radius 3 is 1.60 bits per heavy atom. The van der Waals surface area contributed by atoms with E-state index in [-0.39, 0.29) is 7.43 Å². The van der Waals surface area contributed by atoms with Gasteiger partial charge in [0.1, 0.15) is 0 Å². The molecule has 0 aliphatic rings. The smallest absolute Gasteiger partial charge is 0.0279 e. The van der Waals surface area contributed by atoms with E-state index in [0.717, 1.165) is 0 Å². The number of hydrogen-bond donors (Lipinski definition) is 0. The van der Waals surface area contributed by atoms with Crippen LogP contribution < -0.4 is 0 Å². The summed E-state index contributed by atoms with van der Waals surface area (Å²) in [6.45, 7) is 4.44. The van der Waals surface area contributed by atoms with Crippen molar-refractivity contribution in [2.75, 3.05) is 0 Å². The minimum absolute atomic E-state index is 0. The van der Waals surface area contributed by atoms with Crippen molar-refractivity contribution in [3.63, 3.8) is 0 Å². The van der Waals surface area contributed by atoms with Gasteiger partial charge in [0.2, 0.25) is 0 Å². The summed E-state index contributed by atoms with van der Waals surface area (Å²) in [5.74, 6) is 0. The zero-order valence-corrected chi connectivity index (χ0v) is 13.1. The Hall–Kier alpha value is -0.780. The van der Waals surface area contributed by atoms with Crippen molar-refractivity contribution in [2.24, 2.45) is 0 Å². The Bertz CT molecular complexity index is 296. The van der Waals surface area contributed by atoms with Gasteiger partial charge < -0.3 is 0 Å². The molecule has 0 saturated carbocycles. The standard InChI is InChI=1S/C19H32.CH4/c1-3-4-5-6-7-8-9-10-11-12-13-19-16-14-18(2)15-17-19;/h14-17H,3-13H2,1-2H3;1H4. The third-order valence-corrected chi connectivity index (χ3v) is 3.94. The van der Waals surface area contributed by atoms with Crippen molar-refractivity contribution in [3.8, 4) is 0 Å². The third kappa shape index (κ3) is 10.1. The summed E-state index contributed by atoms with van der Waals surface area (Å²) < 4.78 is 0. The summed E-state index contributed by atoms with van der Waals surface area (Å²) >= 11 is 0. The predicted octanol–water partition coefficient (Wildman–Crippen LogP) is 7.09. The van der Waals surface area contributed by atoms with E-state index in [1.807, 2.05) is 0 Å². The number of rotatable bonds is 11. The highest BCUT2D eigenvalue weighted by Gasteiger charge is 1.95. The molecule has 0 bridgehead atoms. The van der Waals surface area contributed by atoms with E-state index in [2.05, 4.69) is 38.1 Å². The number of hydrogen-bond acceptors (Lipinski definition) is 0. The predicted molar refractivity (Wildman–Crippen MR) is 93.5 cm³/mol. The monoisotopic (exact) mass is 276 g/mol. The molecule has 0 saturated heterocycles. The molecular formula is C20H36. The van der Waals surface area contributed by atoms with Crippen LogP contribution in [0.1, 0.15) is 89.7 Å². The van der Waals surface area contributed by atoms with Crippen LogP contribution in [0.15, 0.2) is 24.3 Å². The first kappa shape index (κ1) is 19.2. The average Bonchev–Trinajstić information content (AvgIpc) is 2.43. The summed E-state index contributed by atoms with van der Waals surface area (Å²) in [6, 6.07) is 9.02. The second kappa shape index (κ2) is 13.2. The van der Waals surface area contributed by atoms with E-state index in [1.54, 1.807) is 0 Å². The van der Waals surface area contributed by atoms with Gasteiger partial charge in [0.05, 0.1) is 0 Å². The minimum Gasteiger partial charge on any atom is -0.0776 e. The second-order valence-corrected chi connectivity index (χ2v) is 5.92. The first-order valence-corrected chi connectivity index (χ1v) is 8.38. The minimum atomic E-state index is 0. The fourth-order valence-corrected chi connectivity index (χ4v) is 2.57. The molecule has 0 spiro atoms. The van der Waals surface area contributed by atoms with Gasteiger partial charge in [0.15, 0.2) is 0 Å². The zero-order valence-electron chi connectivity index (χ0n) is 13.1. The Labute approximate surface area is 128 Å². The van der Waals surface area contributed by atoms with E-state index in [4.69, 9.17) is 0 Å². The molecule has 0 nitrogen and oxygen atoms in total. The van der Waals surface area contributed by atoms with Crippen molar-refractivity contribution >= 4 is 0 Å². The maximum absolute atomic E-state index is 2.29. The molecule has 1 aromatic rings. The van der Waals surface area contributed by atoms with Gasteiger partial charge in [-0.3, -0.25) is 0 Å². The van der Waals surface area contributed by atoms with Crippen LogP contribution in [0.25, 0.3) is 0 Å². The molecule has 1 rings (SSSR count). The fourth-order valence-electron chi connectivity index (χ4n) is 2.57. The molecule has 0 atom stereocenters. The summed E-state index contributed by atoms with van der Waals surface area (Å²) in [7, 11) is 0. The van der Waals surface area contributed by atoms with Crippen LogP contribution in [-0.4, -0.2) is 0 Å². The van der Waals surface area contributed by atoms with Gasteiger partial charge in [0, 0.05) is 0 Å². The highest BCUT2D eigenvalue weighted by Crippen LogP contribution is 2.12. The SMILES string of the molecule is C.CCCCCCCCCCCCc1ccc(C)cc1. The van der Waals surface area contributed by atoms with Crippen LogP contribution >= 0.6 is 0 Å². The summed E-state index contributed by atoms with van der Waals surface area (Å²) in [4.78, 5) is 0. The maximum atomic E-state index is 2.29. The van der Waals surface area contributed by atoms with Gasteiger partial charge in [-0.05, 0) is 25.3 Å². The maximum Gasteiger partial charge on any atom is -0.0279 e. The van der Waals surface area contributed by atoms with E-state index < -0.39 is 0 Å². The highest BCUT2D eigenvalue weighted by molar-refractivity contribution is 5.21. The van der Waals surface area contributed by atoms with E-state index in [0.29, 0.717) is 0 Å². The quantitative estimate of drug-likeness (QED) is 0.378. The Balaban J connectivity index is 0.00000361. The second-order valence-electron chi connectivity index (χ2n) is 5.92. The lowest BCUT2D eigenvalue weighted by Crippen LogP contribution is -1.87. The molecule has 0 aromatic heterocycles. The van der Waals surface area contributed by atoms with Crippen molar-refractivity contribution in [1.82, 2.24) is 0 Å². The fraction of sp³-hybridized carbons (Fsp3) is 0.700. The van der Waals surface area contributed by atoms with Gasteiger partial charge in [-0.25, -0.2) is 0 Å². The van der Waals surface area contributed by atoms with Gasteiger partial charge in [0.25, 0.3) is 0 Å². The molecule has 0 aliphatic heterocycles. The topological polar surface area (TPSA) is 0 Å². The van der Waals surface area contributed by atoms with Gasteiger partial charge >= 0.3 is 0 Å². The Morgan fingerprint density at radius 1 is 0.650 bits per heavy atom. The highest BCUT2D eigenvalue weighted by atomic mass is 14.0. The Morgan fingerprint density at radius 2 is 1.10 bits per heavy atom. The molecule has 0 radical (unpaired) electrons. The lowest BCUT2D eigenvalue weighted by Gasteiger charge is -2.03. The molecule has 116 valence electrons. The normalized spacial score (nSPS) is 10.3. The largest absolute Gasteiger partial charge is 0.0776 e. The zero-order chi connectivity index (χ0) is 13.8. The molecule has 0 heterocycles. The first-order chi connectivity index (χ1) is 9.33. The van der Waals surface area contributed by atoms with E-state index >= 15 is 0 Å². The van der Waals surface area contributed by atoms with Crippen LogP contribution in [0.4, 0.5) is 0 Å². The van der Waals surface area contributed by atoms with Crippen molar-refractivity contribution < 1.29 is 0 Å². The molecule has 0 unspecified atom stereocenters. The van der Waals surface area contributed by atoms with Gasteiger partial charge in [-0.15, -0.1) is 0 Å². The van der Waals surface area contributed by atoms with Crippen LogP contribution in [0.5, 0.6) is 0 Å². The van der Waals surface area contributed by atoms with E-state index in [9.17, 15) is 0 Å². The van der Waals surface area contributed by atoms with Crippen molar-refractivity contribution in [3.05, 3.63) is 35.4 Å². The average molecular weight is 277 g/mol. The van der Waals surface area contributed by atoms with E-state index in [1.165, 1.54) is 81.8 Å². The molecule has 20 heavy (non-hydrogen) atoms. The number of benzene rings is 1. The summed E-state index contributed by atoms with van der Waals surface area (Å²) in [5, 5.41) is 0. The summed E-state index contributed by atoms with van der Waals surface area (Å²) in [6.07, 6.45) is 15.5. The number of unbranched alkanes of at least 4 members (excludes halogenated alkanes) is 9. The van der Waals surface area contributed by atoms with Crippen LogP contribution in [-0.2, 0) is 6.42 Å².